The van der Waals surface area contributed by atoms with Crippen molar-refractivity contribution in [3.8, 4) is 0 Å². The smallest absolute Gasteiger partial charge is 0.406 e. The van der Waals surface area contributed by atoms with Gasteiger partial charge in [-0.05, 0) is 5.56 Å². The number of rotatable bonds is 7. The number of aliphatic carboxylic acids is 2. The number of halogens is 3. The lowest BCUT2D eigenvalue weighted by Gasteiger charge is -2.26. The van der Waals surface area contributed by atoms with Crippen LogP contribution in [0.2, 0.25) is 0 Å². The molecule has 0 aliphatic rings. The van der Waals surface area contributed by atoms with E-state index in [9.17, 15) is 27.6 Å². The molecule has 0 aliphatic carbocycles. The highest BCUT2D eigenvalue weighted by Gasteiger charge is 2.34. The standard InChI is InChI=1S/C14H15F3N2O5/c15-14(16,17)8-19(7-9-4-2-1-3-5-9)13(24)18-10(12(22)23)6-11(20)21/h1-5,10H,6-8H2,(H,18,24)(H,20,21)(H,22,23)/t10-/m0/s1. The average molecular weight is 348 g/mol. The summed E-state index contributed by atoms with van der Waals surface area (Å²) in [5, 5.41) is 19.3. The molecule has 0 spiro atoms. The maximum atomic E-state index is 12.6. The lowest BCUT2D eigenvalue weighted by Crippen LogP contribution is -2.50. The zero-order valence-corrected chi connectivity index (χ0v) is 12.3. The number of hydrogen-bond acceptors (Lipinski definition) is 3. The van der Waals surface area contributed by atoms with Crippen LogP contribution in [0.1, 0.15) is 12.0 Å². The summed E-state index contributed by atoms with van der Waals surface area (Å²) in [6.07, 6.45) is -5.65. The van der Waals surface area contributed by atoms with Crippen molar-refractivity contribution < 1.29 is 37.8 Å². The second kappa shape index (κ2) is 8.18. The van der Waals surface area contributed by atoms with Crippen molar-refractivity contribution in [2.24, 2.45) is 0 Å². The van der Waals surface area contributed by atoms with Gasteiger partial charge in [0.1, 0.15) is 12.6 Å². The van der Waals surface area contributed by atoms with E-state index in [1.807, 2.05) is 0 Å². The largest absolute Gasteiger partial charge is 0.481 e. The summed E-state index contributed by atoms with van der Waals surface area (Å²) in [6.45, 7) is -2.02. The third kappa shape index (κ3) is 6.99. The van der Waals surface area contributed by atoms with Crippen molar-refractivity contribution in [1.29, 1.82) is 0 Å². The van der Waals surface area contributed by atoms with E-state index in [4.69, 9.17) is 10.2 Å². The van der Waals surface area contributed by atoms with E-state index in [0.29, 0.717) is 10.5 Å². The van der Waals surface area contributed by atoms with Gasteiger partial charge in [0.15, 0.2) is 0 Å². The molecule has 0 heterocycles. The lowest BCUT2D eigenvalue weighted by atomic mass is 10.2. The Morgan fingerprint density at radius 3 is 2.17 bits per heavy atom. The number of carbonyl (C=O) groups excluding carboxylic acids is 1. The molecule has 0 fully saturated rings. The summed E-state index contributed by atoms with van der Waals surface area (Å²) in [7, 11) is 0. The van der Waals surface area contributed by atoms with Crippen molar-refractivity contribution in [2.75, 3.05) is 6.54 Å². The van der Waals surface area contributed by atoms with Crippen molar-refractivity contribution in [3.63, 3.8) is 0 Å². The van der Waals surface area contributed by atoms with Gasteiger partial charge in [-0.15, -0.1) is 0 Å². The molecule has 0 saturated carbocycles. The van der Waals surface area contributed by atoms with Gasteiger partial charge in [-0.3, -0.25) is 4.79 Å². The summed E-state index contributed by atoms with van der Waals surface area (Å²) < 4.78 is 37.9. The van der Waals surface area contributed by atoms with Crippen LogP contribution < -0.4 is 5.32 Å². The number of nitrogens with zero attached hydrogens (tertiary/aromatic N) is 1. The normalized spacial score (nSPS) is 12.3. The molecule has 1 aromatic rings. The number of carbonyl (C=O) groups is 3. The van der Waals surface area contributed by atoms with E-state index in [2.05, 4.69) is 0 Å². The minimum Gasteiger partial charge on any atom is -0.481 e. The maximum absolute atomic E-state index is 12.6. The number of carboxylic acid groups (broad SMARTS) is 2. The predicted octanol–water partition coefficient (Wildman–Crippen LogP) is 1.69. The summed E-state index contributed by atoms with van der Waals surface area (Å²) in [5.74, 6) is -3.16. The molecular weight excluding hydrogens is 333 g/mol. The molecule has 1 aromatic carbocycles. The third-order valence-corrected chi connectivity index (χ3v) is 2.85. The Morgan fingerprint density at radius 2 is 1.71 bits per heavy atom. The van der Waals surface area contributed by atoms with Crippen molar-refractivity contribution in [1.82, 2.24) is 10.2 Å². The van der Waals surface area contributed by atoms with Crippen LogP contribution in [-0.4, -0.2) is 51.8 Å². The molecule has 132 valence electrons. The van der Waals surface area contributed by atoms with Crippen molar-refractivity contribution in [3.05, 3.63) is 35.9 Å². The van der Waals surface area contributed by atoms with Crippen LogP contribution in [0.3, 0.4) is 0 Å². The average Bonchev–Trinajstić information content (AvgIpc) is 2.45. The van der Waals surface area contributed by atoms with Crippen LogP contribution in [0.5, 0.6) is 0 Å². The molecule has 0 unspecified atom stereocenters. The molecule has 1 rings (SSSR count). The van der Waals surface area contributed by atoms with E-state index in [1.54, 1.807) is 23.5 Å². The molecule has 0 aliphatic heterocycles. The molecule has 0 saturated heterocycles. The van der Waals surface area contributed by atoms with Gasteiger partial charge in [0.2, 0.25) is 0 Å². The first kappa shape index (κ1) is 19.3. The van der Waals surface area contributed by atoms with Crippen LogP contribution in [0, 0.1) is 0 Å². The molecular formula is C14H15F3N2O5. The fraction of sp³-hybridized carbons (Fsp3) is 0.357. The zero-order valence-electron chi connectivity index (χ0n) is 12.3. The Morgan fingerprint density at radius 1 is 1.12 bits per heavy atom. The fourth-order valence-corrected chi connectivity index (χ4v) is 1.83. The van der Waals surface area contributed by atoms with E-state index in [-0.39, 0.29) is 0 Å². The number of benzene rings is 1. The van der Waals surface area contributed by atoms with Gasteiger partial charge in [0.05, 0.1) is 6.42 Å². The Hall–Kier alpha value is -2.78. The predicted molar refractivity (Wildman–Crippen MR) is 75.1 cm³/mol. The van der Waals surface area contributed by atoms with Crippen LogP contribution in [0.15, 0.2) is 30.3 Å². The quantitative estimate of drug-likeness (QED) is 0.695. The molecule has 0 bridgehead atoms. The van der Waals surface area contributed by atoms with Crippen LogP contribution in [0.25, 0.3) is 0 Å². The lowest BCUT2D eigenvalue weighted by molar-refractivity contribution is -0.146. The second-order valence-corrected chi connectivity index (χ2v) is 4.90. The monoisotopic (exact) mass is 348 g/mol. The highest BCUT2D eigenvalue weighted by atomic mass is 19.4. The molecule has 0 radical (unpaired) electrons. The van der Waals surface area contributed by atoms with E-state index < -0.39 is 49.7 Å². The molecule has 7 nitrogen and oxygen atoms in total. The molecule has 10 heteroatoms. The highest BCUT2D eigenvalue weighted by molar-refractivity contribution is 5.86. The number of nitrogens with one attached hydrogen (secondary N) is 1. The number of alkyl halides is 3. The first-order valence-corrected chi connectivity index (χ1v) is 6.69. The Labute approximate surface area is 134 Å². The fourth-order valence-electron chi connectivity index (χ4n) is 1.83. The number of carboxylic acids is 2. The van der Waals surface area contributed by atoms with Gasteiger partial charge in [0, 0.05) is 6.54 Å². The van der Waals surface area contributed by atoms with E-state index in [1.165, 1.54) is 12.1 Å². The van der Waals surface area contributed by atoms with Crippen LogP contribution in [-0.2, 0) is 16.1 Å². The molecule has 2 amide bonds. The highest BCUT2D eigenvalue weighted by Crippen LogP contribution is 2.18. The van der Waals surface area contributed by atoms with E-state index in [0.717, 1.165) is 0 Å². The van der Waals surface area contributed by atoms with Crippen molar-refractivity contribution in [2.45, 2.75) is 25.2 Å². The Kier molecular flexibility index (Phi) is 6.57. The number of amides is 2. The Bertz CT molecular complexity index is 592. The first-order valence-electron chi connectivity index (χ1n) is 6.69. The molecule has 0 aromatic heterocycles. The summed E-state index contributed by atoms with van der Waals surface area (Å²) in [6, 6.07) is 4.65. The maximum Gasteiger partial charge on any atom is 0.406 e. The van der Waals surface area contributed by atoms with Crippen molar-refractivity contribution >= 4 is 18.0 Å². The summed E-state index contributed by atoms with van der Waals surface area (Å²) in [5.41, 5.74) is 0.405. The van der Waals surface area contributed by atoms with Gasteiger partial charge in [-0.1, -0.05) is 30.3 Å². The summed E-state index contributed by atoms with van der Waals surface area (Å²) in [4.78, 5) is 33.8. The SMILES string of the molecule is O=C(O)C[C@H](NC(=O)N(Cc1ccccc1)CC(F)(F)F)C(=O)O. The molecule has 24 heavy (non-hydrogen) atoms. The van der Waals surface area contributed by atoms with Gasteiger partial charge >= 0.3 is 24.1 Å². The van der Waals surface area contributed by atoms with Gasteiger partial charge < -0.3 is 20.4 Å². The van der Waals surface area contributed by atoms with Gasteiger partial charge in [-0.25, -0.2) is 9.59 Å². The zero-order chi connectivity index (χ0) is 18.3. The summed E-state index contributed by atoms with van der Waals surface area (Å²) >= 11 is 0. The minimum absolute atomic E-state index is 0.368. The first-order chi connectivity index (χ1) is 11.1. The minimum atomic E-state index is -4.70. The Balaban J connectivity index is 2.89. The number of hydrogen-bond donors (Lipinski definition) is 3. The topological polar surface area (TPSA) is 107 Å². The third-order valence-electron chi connectivity index (χ3n) is 2.85. The van der Waals surface area contributed by atoms with Gasteiger partial charge in [0.25, 0.3) is 0 Å². The van der Waals surface area contributed by atoms with Crippen LogP contribution in [0.4, 0.5) is 18.0 Å². The number of urea groups is 1. The molecule has 1 atom stereocenters. The van der Waals surface area contributed by atoms with Gasteiger partial charge in [-0.2, -0.15) is 13.2 Å². The van der Waals surface area contributed by atoms with E-state index >= 15 is 0 Å². The second-order valence-electron chi connectivity index (χ2n) is 4.90. The van der Waals surface area contributed by atoms with Crippen LogP contribution >= 0.6 is 0 Å². The molecule has 3 N–H and O–H groups in total.